The first kappa shape index (κ1) is 19.4. The zero-order valence-electron chi connectivity index (χ0n) is 14.9. The molecule has 1 unspecified atom stereocenters. The molecule has 0 saturated heterocycles. The van der Waals surface area contributed by atoms with Crippen molar-refractivity contribution in [1.29, 1.82) is 0 Å². The highest BCUT2D eigenvalue weighted by atomic mass is 16.6. The number of hydrogen-bond acceptors (Lipinski definition) is 6. The molecule has 0 aromatic carbocycles. The Balaban J connectivity index is 1.81. The van der Waals surface area contributed by atoms with Crippen LogP contribution in [-0.4, -0.2) is 47.0 Å². The number of carbonyl (C=O) groups excluding carboxylic acids is 1. The third-order valence-corrected chi connectivity index (χ3v) is 4.33. The van der Waals surface area contributed by atoms with E-state index in [-0.39, 0.29) is 18.8 Å². The summed E-state index contributed by atoms with van der Waals surface area (Å²) in [7, 11) is 1.52. The van der Waals surface area contributed by atoms with Crippen LogP contribution in [0.15, 0.2) is 21.9 Å². The van der Waals surface area contributed by atoms with Crippen molar-refractivity contribution in [2.75, 3.05) is 13.7 Å². The minimum absolute atomic E-state index is 0.0743. The second-order valence-corrected chi connectivity index (χ2v) is 6.73. The number of rotatable bonds is 9. The normalized spacial score (nSPS) is 16.3. The first-order valence-electron chi connectivity index (χ1n) is 8.49. The van der Waals surface area contributed by atoms with Crippen LogP contribution in [0.25, 0.3) is 0 Å². The number of methoxy groups -OCH3 is 1. The molecule has 1 aromatic rings. The molecule has 0 radical (unpaired) electrons. The van der Waals surface area contributed by atoms with Gasteiger partial charge in [0.1, 0.15) is 6.61 Å². The average molecular weight is 354 g/mol. The maximum atomic E-state index is 12.2. The molecule has 1 aromatic heterocycles. The minimum Gasteiger partial charge on any atom is -0.461 e. The SMILES string of the molecule is COC(CCn1ccc(=O)[nH]c1=O)COC(=O)C(C)(C)OC1CCC1. The molecule has 8 nitrogen and oxygen atoms in total. The van der Waals surface area contributed by atoms with Crippen LogP contribution in [0.5, 0.6) is 0 Å². The molecule has 1 heterocycles. The van der Waals surface area contributed by atoms with Gasteiger partial charge in [-0.1, -0.05) is 0 Å². The maximum absolute atomic E-state index is 12.2. The lowest BCUT2D eigenvalue weighted by atomic mass is 9.95. The Morgan fingerprint density at radius 2 is 2.12 bits per heavy atom. The summed E-state index contributed by atoms with van der Waals surface area (Å²) in [6, 6.07) is 1.28. The molecule has 1 atom stereocenters. The molecule has 1 aliphatic carbocycles. The Bertz CT molecular complexity index is 689. The monoisotopic (exact) mass is 354 g/mol. The van der Waals surface area contributed by atoms with Gasteiger partial charge in [0.2, 0.25) is 0 Å². The molecule has 2 rings (SSSR count). The fraction of sp³-hybridized carbons (Fsp3) is 0.706. The van der Waals surface area contributed by atoms with Gasteiger partial charge < -0.3 is 18.8 Å². The quantitative estimate of drug-likeness (QED) is 0.660. The third-order valence-electron chi connectivity index (χ3n) is 4.33. The van der Waals surface area contributed by atoms with Crippen LogP contribution in [0.1, 0.15) is 39.5 Å². The predicted octanol–water partition coefficient (Wildman–Crippen LogP) is 0.833. The van der Waals surface area contributed by atoms with Gasteiger partial charge in [0.05, 0.1) is 12.2 Å². The van der Waals surface area contributed by atoms with E-state index in [1.165, 1.54) is 23.9 Å². The van der Waals surface area contributed by atoms with Crippen LogP contribution in [0, 0.1) is 0 Å². The van der Waals surface area contributed by atoms with Gasteiger partial charge in [0, 0.05) is 25.9 Å². The highest BCUT2D eigenvalue weighted by Gasteiger charge is 2.35. The van der Waals surface area contributed by atoms with Crippen LogP contribution in [0.2, 0.25) is 0 Å². The lowest BCUT2D eigenvalue weighted by Crippen LogP contribution is -2.43. The first-order chi connectivity index (χ1) is 11.8. The second-order valence-electron chi connectivity index (χ2n) is 6.73. The largest absolute Gasteiger partial charge is 0.461 e. The van der Waals surface area contributed by atoms with Crippen LogP contribution < -0.4 is 11.2 Å². The first-order valence-corrected chi connectivity index (χ1v) is 8.49. The van der Waals surface area contributed by atoms with Crippen molar-refractivity contribution in [3.63, 3.8) is 0 Å². The smallest absolute Gasteiger partial charge is 0.337 e. The Kier molecular flexibility index (Phi) is 6.55. The molecule has 1 fully saturated rings. The summed E-state index contributed by atoms with van der Waals surface area (Å²) in [5.41, 5.74) is -1.90. The molecule has 25 heavy (non-hydrogen) atoms. The summed E-state index contributed by atoms with van der Waals surface area (Å²) >= 11 is 0. The third kappa shape index (κ3) is 5.54. The van der Waals surface area contributed by atoms with Crippen molar-refractivity contribution in [1.82, 2.24) is 9.55 Å². The topological polar surface area (TPSA) is 99.6 Å². The van der Waals surface area contributed by atoms with E-state index >= 15 is 0 Å². The number of aromatic nitrogens is 2. The van der Waals surface area contributed by atoms with Crippen molar-refractivity contribution in [2.45, 2.75) is 63.9 Å². The highest BCUT2D eigenvalue weighted by molar-refractivity contribution is 5.78. The van der Waals surface area contributed by atoms with Crippen LogP contribution >= 0.6 is 0 Å². The van der Waals surface area contributed by atoms with Gasteiger partial charge in [0.25, 0.3) is 5.56 Å². The van der Waals surface area contributed by atoms with E-state index in [1.54, 1.807) is 13.8 Å². The summed E-state index contributed by atoms with van der Waals surface area (Å²) in [5.74, 6) is -0.428. The molecule has 1 saturated carbocycles. The van der Waals surface area contributed by atoms with Gasteiger partial charge >= 0.3 is 11.7 Å². The molecule has 8 heteroatoms. The van der Waals surface area contributed by atoms with Crippen LogP contribution in [0.3, 0.4) is 0 Å². The number of hydrogen-bond donors (Lipinski definition) is 1. The number of ether oxygens (including phenoxy) is 3. The maximum Gasteiger partial charge on any atom is 0.337 e. The molecule has 140 valence electrons. The number of H-pyrrole nitrogens is 1. The molecular formula is C17H26N2O6. The zero-order valence-corrected chi connectivity index (χ0v) is 14.9. The molecule has 1 N–H and O–H groups in total. The summed E-state index contributed by atoms with van der Waals surface area (Å²) < 4.78 is 17.8. The van der Waals surface area contributed by atoms with Crippen molar-refractivity contribution < 1.29 is 19.0 Å². The molecule has 0 aliphatic heterocycles. The zero-order chi connectivity index (χ0) is 18.4. The molecular weight excluding hydrogens is 328 g/mol. The summed E-state index contributed by atoms with van der Waals surface area (Å²) in [6.07, 6.45) is 4.74. The van der Waals surface area contributed by atoms with Crippen LogP contribution in [-0.2, 0) is 25.5 Å². The van der Waals surface area contributed by atoms with Gasteiger partial charge in [-0.3, -0.25) is 9.78 Å². The Morgan fingerprint density at radius 1 is 1.40 bits per heavy atom. The van der Waals surface area contributed by atoms with Gasteiger partial charge in [0.15, 0.2) is 5.60 Å². The van der Waals surface area contributed by atoms with Crippen molar-refractivity contribution >= 4 is 5.97 Å². The van der Waals surface area contributed by atoms with E-state index in [4.69, 9.17) is 14.2 Å². The lowest BCUT2D eigenvalue weighted by Gasteiger charge is -2.34. The number of esters is 1. The number of nitrogens with zero attached hydrogens (tertiary/aromatic N) is 1. The van der Waals surface area contributed by atoms with E-state index in [1.807, 2.05) is 0 Å². The summed E-state index contributed by atoms with van der Waals surface area (Å²) in [6.45, 7) is 3.82. The van der Waals surface area contributed by atoms with Gasteiger partial charge in [-0.25, -0.2) is 9.59 Å². The number of nitrogens with one attached hydrogen (secondary N) is 1. The Morgan fingerprint density at radius 3 is 2.68 bits per heavy atom. The van der Waals surface area contributed by atoms with Crippen molar-refractivity contribution in [2.24, 2.45) is 0 Å². The fourth-order valence-electron chi connectivity index (χ4n) is 2.47. The molecule has 0 spiro atoms. The number of aryl methyl sites for hydroxylation is 1. The number of carbonyl (C=O) groups is 1. The van der Waals surface area contributed by atoms with Crippen molar-refractivity contribution in [3.8, 4) is 0 Å². The highest BCUT2D eigenvalue weighted by Crippen LogP contribution is 2.27. The Hall–Kier alpha value is -1.93. The van der Waals surface area contributed by atoms with E-state index in [0.29, 0.717) is 13.0 Å². The van der Waals surface area contributed by atoms with Gasteiger partial charge in [-0.05, 0) is 39.5 Å². The van der Waals surface area contributed by atoms with Crippen molar-refractivity contribution in [3.05, 3.63) is 33.1 Å². The molecule has 0 bridgehead atoms. The van der Waals surface area contributed by atoms with E-state index in [0.717, 1.165) is 19.3 Å². The second kappa shape index (κ2) is 8.44. The summed E-state index contributed by atoms with van der Waals surface area (Å²) in [4.78, 5) is 37.1. The molecule has 1 aliphatic rings. The van der Waals surface area contributed by atoms with Gasteiger partial charge in [-0.2, -0.15) is 0 Å². The number of aromatic amines is 1. The average Bonchev–Trinajstić information content (AvgIpc) is 2.52. The van der Waals surface area contributed by atoms with E-state index in [9.17, 15) is 14.4 Å². The Labute approximate surface area is 146 Å². The van der Waals surface area contributed by atoms with Gasteiger partial charge in [-0.15, -0.1) is 0 Å². The van der Waals surface area contributed by atoms with E-state index < -0.39 is 22.8 Å². The minimum atomic E-state index is -0.987. The fourth-order valence-corrected chi connectivity index (χ4v) is 2.47. The predicted molar refractivity (Wildman–Crippen MR) is 90.5 cm³/mol. The summed E-state index contributed by atoms with van der Waals surface area (Å²) in [5, 5.41) is 0. The molecule has 0 amide bonds. The lowest BCUT2D eigenvalue weighted by molar-refractivity contribution is -0.183. The van der Waals surface area contributed by atoms with E-state index in [2.05, 4.69) is 4.98 Å². The van der Waals surface area contributed by atoms with Crippen LogP contribution in [0.4, 0.5) is 0 Å². The standard InChI is InChI=1S/C17H26N2O6/c1-17(2,25-12-5-4-6-12)15(21)24-11-13(23-3)7-9-19-10-8-14(20)18-16(19)22/h8,10,12-13H,4-7,9,11H2,1-3H3,(H,18,20,22).